The van der Waals surface area contributed by atoms with E-state index in [4.69, 9.17) is 0 Å². The first-order chi connectivity index (χ1) is 12.3. The highest BCUT2D eigenvalue weighted by Gasteiger charge is 2.36. The largest absolute Gasteiger partial charge is 0.435 e. The summed E-state index contributed by atoms with van der Waals surface area (Å²) in [5, 5.41) is 3.41. The molecule has 0 spiro atoms. The third-order valence-corrected chi connectivity index (χ3v) is 5.17. The van der Waals surface area contributed by atoms with Crippen LogP contribution in [0.1, 0.15) is 21.7 Å². The van der Waals surface area contributed by atoms with E-state index in [1.54, 1.807) is 4.90 Å². The minimum absolute atomic E-state index is 0.0448. The van der Waals surface area contributed by atoms with Crippen molar-refractivity contribution < 1.29 is 18.0 Å². The van der Waals surface area contributed by atoms with Gasteiger partial charge in [0.2, 0.25) is 0 Å². The average molecular weight is 431 g/mol. The number of carbonyl (C=O) groups is 1. The van der Waals surface area contributed by atoms with Crippen LogP contribution in [0.5, 0.6) is 0 Å². The molecule has 3 rings (SSSR count). The Hall–Kier alpha value is -1.87. The lowest BCUT2D eigenvalue weighted by molar-refractivity contribution is -0.141. The van der Waals surface area contributed by atoms with Crippen LogP contribution in [-0.4, -0.2) is 51.7 Å². The van der Waals surface area contributed by atoms with Crippen molar-refractivity contribution in [1.29, 1.82) is 0 Å². The summed E-state index contributed by atoms with van der Waals surface area (Å²) >= 11 is 3.52. The number of piperazine rings is 1. The Kier molecular flexibility index (Phi) is 5.38. The minimum atomic E-state index is -4.56. The summed E-state index contributed by atoms with van der Waals surface area (Å²) in [6, 6.07) is 8.76. The van der Waals surface area contributed by atoms with E-state index in [2.05, 4.69) is 25.9 Å². The number of carbonyl (C=O) groups excluding carboxylic acids is 1. The molecule has 26 heavy (non-hydrogen) atoms. The van der Waals surface area contributed by atoms with E-state index < -0.39 is 17.8 Å². The molecule has 9 heteroatoms. The molecular formula is C17H18BrF3N4O. The van der Waals surface area contributed by atoms with Crippen molar-refractivity contribution in [2.24, 2.45) is 7.05 Å². The van der Waals surface area contributed by atoms with Gasteiger partial charge in [-0.2, -0.15) is 18.3 Å². The van der Waals surface area contributed by atoms with Gasteiger partial charge in [0.05, 0.1) is 0 Å². The highest BCUT2D eigenvalue weighted by atomic mass is 79.9. The number of halogens is 4. The van der Waals surface area contributed by atoms with Gasteiger partial charge in [0.1, 0.15) is 5.69 Å². The lowest BCUT2D eigenvalue weighted by Crippen LogP contribution is -2.48. The Morgan fingerprint density at radius 3 is 2.42 bits per heavy atom. The van der Waals surface area contributed by atoms with E-state index in [0.717, 1.165) is 27.3 Å². The van der Waals surface area contributed by atoms with Crippen LogP contribution in [-0.2, 0) is 19.8 Å². The number of aromatic nitrogens is 2. The Morgan fingerprint density at radius 2 is 1.85 bits per heavy atom. The lowest BCUT2D eigenvalue weighted by atomic mass is 10.2. The summed E-state index contributed by atoms with van der Waals surface area (Å²) in [6.07, 6.45) is -4.56. The third kappa shape index (κ3) is 4.09. The monoisotopic (exact) mass is 430 g/mol. The second-order valence-electron chi connectivity index (χ2n) is 6.20. The van der Waals surface area contributed by atoms with Crippen molar-refractivity contribution in [3.05, 3.63) is 51.8 Å². The standard InChI is InChI=1S/C17H18BrF3N4O/c1-23-14(10-15(22-23)17(19,20)21)16(26)25-8-6-24(7-9-25)11-12-4-2-3-5-13(12)18/h2-5,10H,6-9,11H2,1H3. The molecule has 0 unspecified atom stereocenters. The molecule has 1 amide bonds. The summed E-state index contributed by atoms with van der Waals surface area (Å²) in [7, 11) is 1.35. The predicted octanol–water partition coefficient (Wildman–Crippen LogP) is 3.16. The molecule has 0 saturated carbocycles. The molecule has 0 atom stereocenters. The van der Waals surface area contributed by atoms with Gasteiger partial charge >= 0.3 is 6.18 Å². The van der Waals surface area contributed by atoms with Crippen LogP contribution < -0.4 is 0 Å². The summed E-state index contributed by atoms with van der Waals surface area (Å²) in [4.78, 5) is 16.3. The first-order valence-electron chi connectivity index (χ1n) is 8.12. The Bertz CT molecular complexity index is 798. The summed E-state index contributed by atoms with van der Waals surface area (Å²) < 4.78 is 40.3. The maximum atomic E-state index is 12.8. The van der Waals surface area contributed by atoms with E-state index in [9.17, 15) is 18.0 Å². The van der Waals surface area contributed by atoms with Crippen molar-refractivity contribution in [2.75, 3.05) is 26.2 Å². The molecular weight excluding hydrogens is 413 g/mol. The van der Waals surface area contributed by atoms with Gasteiger partial charge in [0.25, 0.3) is 5.91 Å². The van der Waals surface area contributed by atoms with Gasteiger partial charge in [-0.15, -0.1) is 0 Å². The molecule has 2 heterocycles. The average Bonchev–Trinajstić information content (AvgIpc) is 2.99. The van der Waals surface area contributed by atoms with Gasteiger partial charge in [0, 0.05) is 50.3 Å². The van der Waals surface area contributed by atoms with Crippen molar-refractivity contribution in [2.45, 2.75) is 12.7 Å². The van der Waals surface area contributed by atoms with Gasteiger partial charge < -0.3 is 4.90 Å². The van der Waals surface area contributed by atoms with Crippen LogP contribution in [0.25, 0.3) is 0 Å². The van der Waals surface area contributed by atoms with E-state index in [1.165, 1.54) is 7.05 Å². The molecule has 0 N–H and O–H groups in total. The van der Waals surface area contributed by atoms with Gasteiger partial charge in [-0.1, -0.05) is 34.1 Å². The second kappa shape index (κ2) is 7.40. The van der Waals surface area contributed by atoms with Gasteiger partial charge in [0.15, 0.2) is 5.69 Å². The lowest BCUT2D eigenvalue weighted by Gasteiger charge is -2.34. The van der Waals surface area contributed by atoms with Crippen LogP contribution in [0, 0.1) is 0 Å². The molecule has 1 aromatic heterocycles. The molecule has 1 fully saturated rings. The third-order valence-electron chi connectivity index (χ3n) is 4.40. The van der Waals surface area contributed by atoms with Crippen LogP contribution in [0.3, 0.4) is 0 Å². The van der Waals surface area contributed by atoms with E-state index in [-0.39, 0.29) is 5.69 Å². The number of aryl methyl sites for hydroxylation is 1. The van der Waals surface area contributed by atoms with Crippen LogP contribution in [0.4, 0.5) is 13.2 Å². The number of alkyl halides is 3. The fourth-order valence-electron chi connectivity index (χ4n) is 2.94. The zero-order valence-electron chi connectivity index (χ0n) is 14.1. The maximum absolute atomic E-state index is 12.8. The molecule has 5 nitrogen and oxygen atoms in total. The van der Waals surface area contributed by atoms with E-state index >= 15 is 0 Å². The van der Waals surface area contributed by atoms with Crippen molar-refractivity contribution >= 4 is 21.8 Å². The molecule has 2 aromatic rings. The molecule has 0 bridgehead atoms. The molecule has 0 radical (unpaired) electrons. The molecule has 1 aliphatic rings. The zero-order chi connectivity index (χ0) is 18.9. The SMILES string of the molecule is Cn1nc(C(F)(F)F)cc1C(=O)N1CCN(Cc2ccccc2Br)CC1. The van der Waals surface area contributed by atoms with Gasteiger partial charge in [-0.25, -0.2) is 0 Å². The predicted molar refractivity (Wildman–Crippen MR) is 93.5 cm³/mol. The van der Waals surface area contributed by atoms with Crippen LogP contribution in [0.15, 0.2) is 34.8 Å². The van der Waals surface area contributed by atoms with Crippen LogP contribution in [0.2, 0.25) is 0 Å². The highest BCUT2D eigenvalue weighted by Crippen LogP contribution is 2.28. The number of benzene rings is 1. The smallest absolute Gasteiger partial charge is 0.335 e. The first kappa shape index (κ1) is 18.9. The molecule has 1 saturated heterocycles. The summed E-state index contributed by atoms with van der Waals surface area (Å²) in [5.41, 5.74) is 0.0706. The fraction of sp³-hybridized carbons (Fsp3) is 0.412. The number of hydrogen-bond acceptors (Lipinski definition) is 3. The van der Waals surface area contributed by atoms with Crippen molar-refractivity contribution in [3.63, 3.8) is 0 Å². The van der Waals surface area contributed by atoms with E-state index in [0.29, 0.717) is 26.2 Å². The summed E-state index contributed by atoms with van der Waals surface area (Å²) in [6.45, 7) is 3.02. The van der Waals surface area contributed by atoms with Crippen LogP contribution >= 0.6 is 15.9 Å². The Morgan fingerprint density at radius 1 is 1.19 bits per heavy atom. The normalized spacial score (nSPS) is 16.1. The molecule has 0 aliphatic carbocycles. The minimum Gasteiger partial charge on any atom is -0.335 e. The topological polar surface area (TPSA) is 41.4 Å². The number of amides is 1. The van der Waals surface area contributed by atoms with Crippen molar-refractivity contribution in [3.8, 4) is 0 Å². The molecule has 140 valence electrons. The Labute approximate surface area is 157 Å². The number of hydrogen-bond donors (Lipinski definition) is 0. The first-order valence-corrected chi connectivity index (χ1v) is 8.91. The Balaban J connectivity index is 1.62. The zero-order valence-corrected chi connectivity index (χ0v) is 15.7. The maximum Gasteiger partial charge on any atom is 0.435 e. The summed E-state index contributed by atoms with van der Waals surface area (Å²) in [5.74, 6) is -0.420. The quantitative estimate of drug-likeness (QED) is 0.750. The molecule has 1 aromatic carbocycles. The number of rotatable bonds is 3. The fourth-order valence-corrected chi connectivity index (χ4v) is 3.35. The highest BCUT2D eigenvalue weighted by molar-refractivity contribution is 9.10. The molecule has 1 aliphatic heterocycles. The van der Waals surface area contributed by atoms with Gasteiger partial charge in [-0.05, 0) is 11.6 Å². The second-order valence-corrected chi connectivity index (χ2v) is 7.05. The van der Waals surface area contributed by atoms with E-state index in [1.807, 2.05) is 24.3 Å². The number of nitrogens with zero attached hydrogens (tertiary/aromatic N) is 4. The van der Waals surface area contributed by atoms with Crippen molar-refractivity contribution in [1.82, 2.24) is 19.6 Å². The van der Waals surface area contributed by atoms with Gasteiger partial charge in [-0.3, -0.25) is 14.4 Å².